The van der Waals surface area contributed by atoms with Gasteiger partial charge in [0, 0.05) is 23.9 Å². The van der Waals surface area contributed by atoms with Crippen LogP contribution in [0, 0.1) is 28.6 Å². The van der Waals surface area contributed by atoms with Crippen LogP contribution < -0.4 is 0 Å². The lowest BCUT2D eigenvalue weighted by atomic mass is 9.48. The van der Waals surface area contributed by atoms with Gasteiger partial charge in [-0.05, 0) is 55.9 Å². The van der Waals surface area contributed by atoms with Crippen molar-refractivity contribution in [3.05, 3.63) is 12.2 Å². The Morgan fingerprint density at radius 3 is 2.65 bits per heavy atom. The lowest BCUT2D eigenvalue weighted by molar-refractivity contribution is -0.142. The van der Waals surface area contributed by atoms with Crippen molar-refractivity contribution >= 4 is 11.7 Å². The van der Waals surface area contributed by atoms with Gasteiger partial charge in [-0.25, -0.2) is 4.39 Å². The maximum atomic E-state index is 14.1. The number of halogens is 1. The van der Waals surface area contributed by atoms with E-state index in [-0.39, 0.29) is 29.1 Å². The van der Waals surface area contributed by atoms with Crippen LogP contribution in [0.25, 0.3) is 0 Å². The minimum absolute atomic E-state index is 0.0373. The molecule has 0 aromatic heterocycles. The van der Waals surface area contributed by atoms with E-state index in [9.17, 15) is 14.0 Å². The van der Waals surface area contributed by atoms with E-state index in [1.807, 2.05) is 18.9 Å². The second kappa shape index (κ2) is 4.67. The number of amides is 1. The van der Waals surface area contributed by atoms with Crippen LogP contribution in [0.2, 0.25) is 0 Å². The normalized spacial score (nSPS) is 52.2. The first kappa shape index (κ1) is 15.3. The van der Waals surface area contributed by atoms with Crippen LogP contribution in [0.15, 0.2) is 12.2 Å². The van der Waals surface area contributed by atoms with Gasteiger partial charge < -0.3 is 4.90 Å². The van der Waals surface area contributed by atoms with Crippen molar-refractivity contribution in [2.75, 3.05) is 7.05 Å². The molecular formula is C19H26FNO2. The predicted molar refractivity (Wildman–Crippen MR) is 85.4 cm³/mol. The molecule has 0 radical (unpaired) electrons. The Labute approximate surface area is 137 Å². The summed E-state index contributed by atoms with van der Waals surface area (Å²) in [5, 5.41) is 0. The molecule has 2 unspecified atom stereocenters. The zero-order valence-electron chi connectivity index (χ0n) is 14.2. The van der Waals surface area contributed by atoms with Crippen LogP contribution in [-0.4, -0.2) is 35.9 Å². The minimum Gasteiger partial charge on any atom is -0.338 e. The first-order valence-electron chi connectivity index (χ1n) is 8.93. The van der Waals surface area contributed by atoms with E-state index in [1.165, 1.54) is 0 Å². The molecule has 4 aliphatic rings. The Morgan fingerprint density at radius 1 is 1.17 bits per heavy atom. The van der Waals surface area contributed by atoms with Gasteiger partial charge in [-0.1, -0.05) is 19.9 Å². The van der Waals surface area contributed by atoms with Crippen molar-refractivity contribution < 1.29 is 14.0 Å². The van der Waals surface area contributed by atoms with Gasteiger partial charge in [-0.2, -0.15) is 0 Å². The maximum Gasteiger partial charge on any atom is 0.246 e. The molecule has 1 amide bonds. The van der Waals surface area contributed by atoms with Gasteiger partial charge in [-0.15, -0.1) is 0 Å². The zero-order chi connectivity index (χ0) is 16.6. The smallest absolute Gasteiger partial charge is 0.246 e. The summed E-state index contributed by atoms with van der Waals surface area (Å²) in [6, 6.07) is 0.240. The number of hydrogen-bond donors (Lipinski definition) is 0. The number of alkyl halides is 1. The summed E-state index contributed by atoms with van der Waals surface area (Å²) in [6.45, 7) is 4.26. The van der Waals surface area contributed by atoms with E-state index in [0.717, 1.165) is 25.7 Å². The van der Waals surface area contributed by atoms with E-state index in [2.05, 4.69) is 13.0 Å². The Balaban J connectivity index is 1.71. The van der Waals surface area contributed by atoms with Crippen molar-refractivity contribution in [2.45, 2.75) is 58.2 Å². The fraction of sp³-hybridized carbons (Fsp3) is 0.789. The first-order valence-corrected chi connectivity index (χ1v) is 8.93. The molecule has 4 heteroatoms. The predicted octanol–water partition coefficient (Wildman–Crippen LogP) is 3.14. The monoisotopic (exact) mass is 319 g/mol. The highest BCUT2D eigenvalue weighted by Crippen LogP contribution is 2.63. The molecule has 3 saturated carbocycles. The molecule has 0 spiro atoms. The standard InChI is InChI=1S/C19H26FNO2/c1-18-9-7-16(22)21(3)15(18)5-4-11-12(18)6-8-19(2)13(11)10-14(20)17(19)23/h7,9,11-15H,4-6,8,10H2,1-3H3/t11?,12?,13-,14-,15+,18+,19-/m0/s1. The van der Waals surface area contributed by atoms with Crippen molar-refractivity contribution in [2.24, 2.45) is 28.6 Å². The molecule has 0 bridgehead atoms. The summed E-state index contributed by atoms with van der Waals surface area (Å²) in [4.78, 5) is 26.3. The third kappa shape index (κ3) is 1.81. The summed E-state index contributed by atoms with van der Waals surface area (Å²) in [6.07, 6.45) is 6.71. The number of carbonyl (C=O) groups is 2. The number of rotatable bonds is 0. The van der Waals surface area contributed by atoms with Crippen molar-refractivity contribution in [3.63, 3.8) is 0 Å². The van der Waals surface area contributed by atoms with E-state index in [4.69, 9.17) is 0 Å². The molecule has 3 nitrogen and oxygen atoms in total. The number of likely N-dealkylation sites (N-methyl/N-ethyl adjacent to an activating group) is 1. The third-order valence-corrected chi connectivity index (χ3v) is 7.83. The summed E-state index contributed by atoms with van der Waals surface area (Å²) in [5.74, 6) is 0.971. The van der Waals surface area contributed by atoms with Gasteiger partial charge >= 0.3 is 0 Å². The zero-order valence-corrected chi connectivity index (χ0v) is 14.2. The second-order valence-corrected chi connectivity index (χ2v) is 8.64. The van der Waals surface area contributed by atoms with E-state index < -0.39 is 11.6 Å². The lowest BCUT2D eigenvalue weighted by Crippen LogP contribution is -2.59. The highest BCUT2D eigenvalue weighted by Gasteiger charge is 2.62. The number of hydrogen-bond acceptors (Lipinski definition) is 2. The molecule has 23 heavy (non-hydrogen) atoms. The topological polar surface area (TPSA) is 37.4 Å². The number of carbonyl (C=O) groups excluding carboxylic acids is 2. The van der Waals surface area contributed by atoms with Crippen LogP contribution in [0.5, 0.6) is 0 Å². The Morgan fingerprint density at radius 2 is 1.91 bits per heavy atom. The van der Waals surface area contributed by atoms with Crippen LogP contribution in [0.3, 0.4) is 0 Å². The van der Waals surface area contributed by atoms with Crippen LogP contribution >= 0.6 is 0 Å². The number of nitrogens with zero attached hydrogens (tertiary/aromatic N) is 1. The molecular weight excluding hydrogens is 293 g/mol. The molecule has 7 atom stereocenters. The molecule has 0 saturated heterocycles. The summed E-state index contributed by atoms with van der Waals surface area (Å²) >= 11 is 0. The molecule has 1 aliphatic heterocycles. The van der Waals surface area contributed by atoms with Gasteiger partial charge in [0.2, 0.25) is 5.91 Å². The summed E-state index contributed by atoms with van der Waals surface area (Å²) < 4.78 is 14.1. The Kier molecular flexibility index (Phi) is 3.12. The van der Waals surface area contributed by atoms with E-state index in [1.54, 1.807) is 6.08 Å². The molecule has 0 aromatic rings. The van der Waals surface area contributed by atoms with Crippen molar-refractivity contribution in [3.8, 4) is 0 Å². The van der Waals surface area contributed by atoms with Crippen LogP contribution in [0.4, 0.5) is 4.39 Å². The van der Waals surface area contributed by atoms with Gasteiger partial charge in [0.1, 0.15) is 0 Å². The number of ketones is 1. The lowest BCUT2D eigenvalue weighted by Gasteiger charge is -2.59. The molecule has 1 heterocycles. The molecule has 3 fully saturated rings. The van der Waals surface area contributed by atoms with Crippen LogP contribution in [-0.2, 0) is 9.59 Å². The summed E-state index contributed by atoms with van der Waals surface area (Å²) in [7, 11) is 1.90. The average molecular weight is 319 g/mol. The molecule has 0 N–H and O–H groups in total. The molecule has 3 aliphatic carbocycles. The van der Waals surface area contributed by atoms with Gasteiger partial charge in [-0.3, -0.25) is 9.59 Å². The highest BCUT2D eigenvalue weighted by molar-refractivity contribution is 5.91. The third-order valence-electron chi connectivity index (χ3n) is 7.83. The molecule has 126 valence electrons. The SMILES string of the molecule is CN1C(=O)C=C[C@]2(C)C3CC[C@]4(C)C(=O)[C@@H](F)C[C@H]4C3CC[C@@H]12. The summed E-state index contributed by atoms with van der Waals surface area (Å²) in [5.41, 5.74) is -0.492. The number of Topliss-reactive ketones (excluding diaryl/α,β-unsaturated/α-hetero) is 1. The Hall–Kier alpha value is -1.19. The van der Waals surface area contributed by atoms with Gasteiger partial charge in [0.05, 0.1) is 0 Å². The maximum absolute atomic E-state index is 14.1. The second-order valence-electron chi connectivity index (χ2n) is 8.64. The quantitative estimate of drug-likeness (QED) is 0.688. The Bertz CT molecular complexity index is 602. The van der Waals surface area contributed by atoms with E-state index >= 15 is 0 Å². The fourth-order valence-corrected chi connectivity index (χ4v) is 6.49. The molecule has 4 rings (SSSR count). The van der Waals surface area contributed by atoms with Crippen molar-refractivity contribution in [1.29, 1.82) is 0 Å². The average Bonchev–Trinajstić information content (AvgIpc) is 2.75. The van der Waals surface area contributed by atoms with Gasteiger partial charge in [0.15, 0.2) is 12.0 Å². The van der Waals surface area contributed by atoms with E-state index in [0.29, 0.717) is 18.3 Å². The highest BCUT2D eigenvalue weighted by atomic mass is 19.1. The number of fused-ring (bicyclic) bond motifs is 5. The largest absolute Gasteiger partial charge is 0.338 e. The first-order chi connectivity index (χ1) is 10.8. The van der Waals surface area contributed by atoms with Crippen molar-refractivity contribution in [1.82, 2.24) is 4.90 Å². The fourth-order valence-electron chi connectivity index (χ4n) is 6.49. The van der Waals surface area contributed by atoms with Crippen LogP contribution in [0.1, 0.15) is 46.0 Å². The van der Waals surface area contributed by atoms with Gasteiger partial charge in [0.25, 0.3) is 0 Å². The minimum atomic E-state index is -1.26. The molecule has 0 aromatic carbocycles.